The molecule has 0 amide bonds. The first-order valence-corrected chi connectivity index (χ1v) is 10.00. The third kappa shape index (κ3) is 2.89. The van der Waals surface area contributed by atoms with Gasteiger partial charge in [-0.3, -0.25) is 0 Å². The van der Waals surface area contributed by atoms with E-state index in [-0.39, 0.29) is 5.63 Å². The second-order valence-corrected chi connectivity index (χ2v) is 8.47. The van der Waals surface area contributed by atoms with Gasteiger partial charge in [-0.2, -0.15) is 0 Å². The van der Waals surface area contributed by atoms with Gasteiger partial charge in [-0.05, 0) is 0 Å². The zero-order valence-electron chi connectivity index (χ0n) is 12.8. The van der Waals surface area contributed by atoms with E-state index in [2.05, 4.69) is 24.3 Å². The second-order valence-electron chi connectivity index (χ2n) is 5.37. The van der Waals surface area contributed by atoms with Crippen molar-refractivity contribution in [3.63, 3.8) is 0 Å². The van der Waals surface area contributed by atoms with E-state index < -0.39 is 20.9 Å². The Morgan fingerprint density at radius 1 is 0.667 bits per heavy atom. The van der Waals surface area contributed by atoms with Crippen LogP contribution in [0.1, 0.15) is 0 Å². The first-order valence-electron chi connectivity index (χ1n) is 7.67. The Labute approximate surface area is 149 Å². The van der Waals surface area contributed by atoms with Crippen LogP contribution < -0.4 is 12.8 Å². The zero-order valence-corrected chi connectivity index (χ0v) is 15.1. The number of benzene rings is 3. The average molecular weight is 426 g/mol. The van der Waals surface area contributed by atoms with Gasteiger partial charge in [0, 0.05) is 0 Å². The summed E-state index contributed by atoms with van der Waals surface area (Å²) >= 11 is -0.682. The molecule has 24 heavy (non-hydrogen) atoms. The van der Waals surface area contributed by atoms with Gasteiger partial charge in [-0.25, -0.2) is 0 Å². The van der Waals surface area contributed by atoms with Crippen molar-refractivity contribution in [3.05, 3.63) is 95.3 Å². The molecule has 0 unspecified atom stereocenters. The van der Waals surface area contributed by atoms with Gasteiger partial charge in [-0.15, -0.1) is 0 Å². The van der Waals surface area contributed by atoms with E-state index in [1.165, 1.54) is 7.22 Å². The molecule has 2 nitrogen and oxygen atoms in total. The van der Waals surface area contributed by atoms with Crippen molar-refractivity contribution in [3.8, 4) is 11.3 Å². The molecule has 0 saturated heterocycles. The number of fused-ring (bicyclic) bond motifs is 1. The van der Waals surface area contributed by atoms with E-state index in [9.17, 15) is 4.79 Å². The Balaban J connectivity index is 2.00. The van der Waals surface area contributed by atoms with Crippen molar-refractivity contribution in [2.75, 3.05) is 0 Å². The SMILES string of the molecule is O=c1oc(-c2ccccc2)c([Te]c2ccccc2)c2ccccc12. The van der Waals surface area contributed by atoms with Crippen LogP contribution in [0.4, 0.5) is 0 Å². The summed E-state index contributed by atoms with van der Waals surface area (Å²) in [6, 6.07) is 28.1. The number of rotatable bonds is 3. The van der Waals surface area contributed by atoms with Crippen molar-refractivity contribution in [2.45, 2.75) is 0 Å². The molecule has 0 saturated carbocycles. The monoisotopic (exact) mass is 428 g/mol. The van der Waals surface area contributed by atoms with Crippen molar-refractivity contribution >= 4 is 38.9 Å². The molecule has 1 heterocycles. The fraction of sp³-hybridized carbons (Fsp3) is 0. The quantitative estimate of drug-likeness (QED) is 0.472. The van der Waals surface area contributed by atoms with E-state index in [4.69, 9.17) is 4.42 Å². The van der Waals surface area contributed by atoms with Crippen LogP contribution in [0, 0.1) is 0 Å². The molecule has 0 bridgehead atoms. The summed E-state index contributed by atoms with van der Waals surface area (Å²) in [6.07, 6.45) is 0. The summed E-state index contributed by atoms with van der Waals surface area (Å²) in [6.45, 7) is 0. The maximum atomic E-state index is 12.4. The summed E-state index contributed by atoms with van der Waals surface area (Å²) in [5, 5.41) is 1.67. The predicted molar refractivity (Wildman–Crippen MR) is 99.4 cm³/mol. The Morgan fingerprint density at radius 3 is 1.96 bits per heavy atom. The minimum absolute atomic E-state index is 0.270. The van der Waals surface area contributed by atoms with Crippen LogP contribution in [0.3, 0.4) is 0 Å². The van der Waals surface area contributed by atoms with Crippen LogP contribution in [0.2, 0.25) is 0 Å². The molecule has 3 heteroatoms. The fourth-order valence-corrected chi connectivity index (χ4v) is 5.71. The molecule has 0 spiro atoms. The van der Waals surface area contributed by atoms with Crippen molar-refractivity contribution in [1.29, 1.82) is 0 Å². The van der Waals surface area contributed by atoms with Gasteiger partial charge in [0.2, 0.25) is 0 Å². The Morgan fingerprint density at radius 2 is 1.25 bits per heavy atom. The number of hydrogen-bond acceptors (Lipinski definition) is 2. The Bertz CT molecular complexity index is 1040. The van der Waals surface area contributed by atoms with Crippen molar-refractivity contribution < 1.29 is 4.42 Å². The topological polar surface area (TPSA) is 30.2 Å². The van der Waals surface area contributed by atoms with Crippen LogP contribution in [0.25, 0.3) is 22.1 Å². The zero-order chi connectivity index (χ0) is 16.4. The molecule has 4 aromatic rings. The van der Waals surface area contributed by atoms with Gasteiger partial charge in [0.05, 0.1) is 0 Å². The molecule has 1 aromatic heterocycles. The normalized spacial score (nSPS) is 10.8. The summed E-state index contributed by atoms with van der Waals surface area (Å²) in [7, 11) is 0. The molecule has 0 aliphatic rings. The minimum atomic E-state index is -0.682. The van der Waals surface area contributed by atoms with Crippen molar-refractivity contribution in [2.24, 2.45) is 0 Å². The summed E-state index contributed by atoms with van der Waals surface area (Å²) in [5.41, 5.74) is 0.685. The molecule has 0 radical (unpaired) electrons. The second kappa shape index (κ2) is 6.65. The maximum absolute atomic E-state index is 12.4. The summed E-state index contributed by atoms with van der Waals surface area (Å²) < 4.78 is 8.25. The van der Waals surface area contributed by atoms with Crippen LogP contribution in [0.15, 0.2) is 94.1 Å². The number of hydrogen-bond donors (Lipinski definition) is 0. The standard InChI is InChI=1S/C21H14O2Te/c22-21-18-14-8-7-13-17(18)20(24-16-11-5-2-6-12-16)19(23-21)15-9-3-1-4-10-15/h1-14H. The van der Waals surface area contributed by atoms with Gasteiger partial charge >= 0.3 is 150 Å². The van der Waals surface area contributed by atoms with Gasteiger partial charge in [0.15, 0.2) is 0 Å². The predicted octanol–water partition coefficient (Wildman–Crippen LogP) is 3.12. The average Bonchev–Trinajstić information content (AvgIpc) is 2.65. The van der Waals surface area contributed by atoms with E-state index >= 15 is 0 Å². The van der Waals surface area contributed by atoms with E-state index in [0.717, 1.165) is 10.9 Å². The van der Waals surface area contributed by atoms with Crippen LogP contribution in [-0.2, 0) is 0 Å². The van der Waals surface area contributed by atoms with E-state index in [0.29, 0.717) is 11.1 Å². The van der Waals surface area contributed by atoms with E-state index in [1.54, 1.807) is 0 Å². The molecule has 0 aliphatic carbocycles. The third-order valence-electron chi connectivity index (χ3n) is 3.79. The van der Waals surface area contributed by atoms with Crippen LogP contribution in [0.5, 0.6) is 0 Å². The summed E-state index contributed by atoms with van der Waals surface area (Å²) in [4.78, 5) is 12.4. The molecule has 3 aromatic carbocycles. The van der Waals surface area contributed by atoms with Crippen LogP contribution in [-0.4, -0.2) is 20.9 Å². The van der Waals surface area contributed by atoms with Gasteiger partial charge < -0.3 is 0 Å². The molecule has 0 fully saturated rings. The first-order chi connectivity index (χ1) is 11.8. The van der Waals surface area contributed by atoms with Gasteiger partial charge in [-0.1, -0.05) is 0 Å². The van der Waals surface area contributed by atoms with Gasteiger partial charge in [0.1, 0.15) is 0 Å². The summed E-state index contributed by atoms with van der Waals surface area (Å²) in [5.74, 6) is 0.713. The Kier molecular flexibility index (Phi) is 4.21. The fourth-order valence-electron chi connectivity index (χ4n) is 2.66. The van der Waals surface area contributed by atoms with E-state index in [1.807, 2.05) is 60.7 Å². The molecule has 4 rings (SSSR count). The molecule has 0 aliphatic heterocycles. The van der Waals surface area contributed by atoms with Crippen LogP contribution >= 0.6 is 0 Å². The molecule has 0 N–H and O–H groups in total. The third-order valence-corrected chi connectivity index (χ3v) is 6.98. The Hall–Kier alpha value is -2.34. The molecular weight excluding hydrogens is 412 g/mol. The molecule has 116 valence electrons. The molecule has 0 atom stereocenters. The molecular formula is C21H14O2Te. The van der Waals surface area contributed by atoms with Crippen molar-refractivity contribution in [1.82, 2.24) is 0 Å². The first kappa shape index (κ1) is 15.2. The van der Waals surface area contributed by atoms with Gasteiger partial charge in [0.25, 0.3) is 0 Å².